The Labute approximate surface area is 161 Å². The van der Waals surface area contributed by atoms with Gasteiger partial charge in [0, 0.05) is 11.1 Å². The van der Waals surface area contributed by atoms with Gasteiger partial charge in [0.1, 0.15) is 0 Å². The summed E-state index contributed by atoms with van der Waals surface area (Å²) in [5.74, 6) is -1.01. The largest absolute Gasteiger partial charge is 0.400 e. The van der Waals surface area contributed by atoms with Gasteiger partial charge in [-0.25, -0.2) is 4.79 Å². The summed E-state index contributed by atoms with van der Waals surface area (Å²) in [5.41, 5.74) is 1.81. The molecule has 0 radical (unpaired) electrons. The molecule has 3 aromatic carbocycles. The van der Waals surface area contributed by atoms with Crippen molar-refractivity contribution in [2.75, 3.05) is 0 Å². The third kappa shape index (κ3) is 3.57. The van der Waals surface area contributed by atoms with Gasteiger partial charge in [0.05, 0.1) is 5.56 Å². The monoisotopic (exact) mass is 369 g/mol. The molecule has 4 aromatic rings. The Balaban J connectivity index is 1.73. The third-order valence-corrected chi connectivity index (χ3v) is 4.03. The molecule has 0 saturated heterocycles. The molecule has 0 N–H and O–H groups in total. The first-order chi connectivity index (χ1) is 13.7. The second kappa shape index (κ2) is 7.67. The van der Waals surface area contributed by atoms with Crippen LogP contribution in [0.3, 0.4) is 0 Å². The number of carbonyl (C=O) groups is 2. The van der Waals surface area contributed by atoms with Crippen LogP contribution in [0.15, 0.2) is 91.0 Å². The van der Waals surface area contributed by atoms with E-state index in [1.165, 1.54) is 0 Å². The predicted molar refractivity (Wildman–Crippen MR) is 103 cm³/mol. The van der Waals surface area contributed by atoms with E-state index in [4.69, 9.17) is 4.74 Å². The van der Waals surface area contributed by atoms with Gasteiger partial charge < -0.3 is 4.74 Å². The molecule has 0 bridgehead atoms. The molecule has 4 rings (SSSR count). The van der Waals surface area contributed by atoms with Gasteiger partial charge in [-0.1, -0.05) is 66.7 Å². The van der Waals surface area contributed by atoms with Crippen molar-refractivity contribution in [3.63, 3.8) is 0 Å². The van der Waals surface area contributed by atoms with E-state index < -0.39 is 11.9 Å². The van der Waals surface area contributed by atoms with Gasteiger partial charge in [0.15, 0.2) is 5.69 Å². The van der Waals surface area contributed by atoms with Crippen LogP contribution < -0.4 is 4.74 Å². The Hall–Kier alpha value is -4.06. The van der Waals surface area contributed by atoms with Crippen molar-refractivity contribution in [1.82, 2.24) is 15.0 Å². The summed E-state index contributed by atoms with van der Waals surface area (Å²) in [5, 5.41) is 8.42. The zero-order valence-electron chi connectivity index (χ0n) is 14.7. The summed E-state index contributed by atoms with van der Waals surface area (Å²) in [6.07, 6.45) is 0. The number of hydrogen-bond acceptors (Lipinski definition) is 5. The third-order valence-electron chi connectivity index (χ3n) is 4.03. The molecule has 0 aliphatic rings. The highest BCUT2D eigenvalue weighted by Crippen LogP contribution is 2.27. The van der Waals surface area contributed by atoms with Crippen LogP contribution in [0.2, 0.25) is 0 Å². The number of ether oxygens (including phenoxy) is 1. The van der Waals surface area contributed by atoms with E-state index in [0.717, 1.165) is 4.80 Å². The summed E-state index contributed by atoms with van der Waals surface area (Å²) in [6.45, 7) is 0. The maximum atomic E-state index is 12.7. The number of rotatable bonds is 4. The summed E-state index contributed by atoms with van der Waals surface area (Å²) in [6, 6.07) is 26.4. The number of aromatic nitrogens is 3. The first-order valence-electron chi connectivity index (χ1n) is 8.62. The Morgan fingerprint density at radius 1 is 0.679 bits per heavy atom. The second-order valence-electron chi connectivity index (χ2n) is 5.94. The van der Waals surface area contributed by atoms with Crippen LogP contribution in [-0.2, 0) is 0 Å². The average Bonchev–Trinajstić information content (AvgIpc) is 3.18. The van der Waals surface area contributed by atoms with Gasteiger partial charge in [-0.05, 0) is 24.3 Å². The van der Waals surface area contributed by atoms with Crippen molar-refractivity contribution < 1.29 is 14.3 Å². The maximum Gasteiger partial charge on any atom is 0.344 e. The standard InChI is InChI=1S/C22H15N3O3/c26-21(17-12-6-2-7-13-17)25-23-19(16-10-4-1-5-11-16)20(24-25)28-22(27)18-14-8-3-9-15-18/h1-15H. The minimum absolute atomic E-state index is 0.0238. The van der Waals surface area contributed by atoms with Gasteiger partial charge >= 0.3 is 5.97 Å². The van der Waals surface area contributed by atoms with E-state index in [2.05, 4.69) is 10.2 Å². The summed E-state index contributed by atoms with van der Waals surface area (Å²) in [7, 11) is 0. The lowest BCUT2D eigenvalue weighted by molar-refractivity contribution is 0.0723. The number of hydrogen-bond donors (Lipinski definition) is 0. The molecule has 1 heterocycles. The predicted octanol–water partition coefficient (Wildman–Crippen LogP) is 3.85. The normalized spacial score (nSPS) is 10.4. The lowest BCUT2D eigenvalue weighted by Gasteiger charge is -2.02. The van der Waals surface area contributed by atoms with Crippen LogP contribution >= 0.6 is 0 Å². The van der Waals surface area contributed by atoms with Gasteiger partial charge in [-0.3, -0.25) is 4.79 Å². The van der Waals surface area contributed by atoms with Crippen molar-refractivity contribution in [1.29, 1.82) is 0 Å². The van der Waals surface area contributed by atoms with E-state index in [1.807, 2.05) is 24.3 Å². The van der Waals surface area contributed by atoms with Gasteiger partial charge in [0.2, 0.25) is 0 Å². The SMILES string of the molecule is O=C(Oc1nn(C(=O)c2ccccc2)nc1-c1ccccc1)c1ccccc1. The van der Waals surface area contributed by atoms with Crippen molar-refractivity contribution in [3.8, 4) is 17.1 Å². The minimum atomic E-state index is -0.572. The highest BCUT2D eigenvalue weighted by Gasteiger charge is 2.22. The molecule has 1 aromatic heterocycles. The fraction of sp³-hybridized carbons (Fsp3) is 0. The quantitative estimate of drug-likeness (QED) is 0.511. The van der Waals surface area contributed by atoms with E-state index in [0.29, 0.717) is 22.4 Å². The fourth-order valence-electron chi connectivity index (χ4n) is 2.65. The number of esters is 1. The van der Waals surface area contributed by atoms with Crippen LogP contribution in [0.4, 0.5) is 0 Å². The lowest BCUT2D eigenvalue weighted by atomic mass is 10.2. The Bertz CT molecular complexity index is 1110. The molecule has 136 valence electrons. The Kier molecular flexibility index (Phi) is 4.76. The van der Waals surface area contributed by atoms with Crippen LogP contribution in [0.25, 0.3) is 11.3 Å². The molecule has 0 aliphatic carbocycles. The lowest BCUT2D eigenvalue weighted by Crippen LogP contribution is -2.15. The topological polar surface area (TPSA) is 74.1 Å². The van der Waals surface area contributed by atoms with Gasteiger partial charge in [-0.2, -0.15) is 0 Å². The molecule has 0 unspecified atom stereocenters. The Morgan fingerprint density at radius 3 is 1.82 bits per heavy atom. The fourth-order valence-corrected chi connectivity index (χ4v) is 2.65. The summed E-state index contributed by atoms with van der Waals surface area (Å²) in [4.78, 5) is 26.1. The molecule has 0 atom stereocenters. The van der Waals surface area contributed by atoms with Crippen molar-refractivity contribution >= 4 is 11.9 Å². The molecule has 0 amide bonds. The van der Waals surface area contributed by atoms with Crippen LogP contribution in [-0.4, -0.2) is 26.9 Å². The highest BCUT2D eigenvalue weighted by molar-refractivity contribution is 5.95. The molecule has 28 heavy (non-hydrogen) atoms. The number of carbonyl (C=O) groups excluding carboxylic acids is 2. The van der Waals surface area contributed by atoms with Crippen molar-refractivity contribution in [3.05, 3.63) is 102 Å². The Morgan fingerprint density at radius 2 is 1.21 bits per heavy atom. The van der Waals surface area contributed by atoms with Gasteiger partial charge in [0.25, 0.3) is 11.8 Å². The van der Waals surface area contributed by atoms with E-state index in [9.17, 15) is 9.59 Å². The van der Waals surface area contributed by atoms with Crippen LogP contribution in [0.5, 0.6) is 5.88 Å². The molecule has 0 spiro atoms. The van der Waals surface area contributed by atoms with Crippen molar-refractivity contribution in [2.45, 2.75) is 0 Å². The van der Waals surface area contributed by atoms with Gasteiger partial charge in [-0.15, -0.1) is 15.0 Å². The first-order valence-corrected chi connectivity index (χ1v) is 8.62. The van der Waals surface area contributed by atoms with Crippen molar-refractivity contribution in [2.24, 2.45) is 0 Å². The molecule has 0 saturated carbocycles. The molecule has 6 nitrogen and oxygen atoms in total. The number of nitrogens with zero attached hydrogens (tertiary/aromatic N) is 3. The molecule has 6 heteroatoms. The molecular weight excluding hydrogens is 354 g/mol. The first kappa shape index (κ1) is 17.4. The number of benzene rings is 3. The second-order valence-corrected chi connectivity index (χ2v) is 5.94. The van der Waals surface area contributed by atoms with E-state index in [-0.39, 0.29) is 5.88 Å². The molecule has 0 aliphatic heterocycles. The smallest absolute Gasteiger partial charge is 0.344 e. The zero-order valence-corrected chi connectivity index (χ0v) is 14.7. The molecular formula is C22H15N3O3. The zero-order chi connectivity index (χ0) is 19.3. The van der Waals surface area contributed by atoms with Crippen LogP contribution in [0, 0.1) is 0 Å². The van der Waals surface area contributed by atoms with Crippen LogP contribution in [0.1, 0.15) is 20.7 Å². The summed E-state index contributed by atoms with van der Waals surface area (Å²) < 4.78 is 5.47. The maximum absolute atomic E-state index is 12.7. The minimum Gasteiger partial charge on any atom is -0.400 e. The summed E-state index contributed by atoms with van der Waals surface area (Å²) >= 11 is 0. The molecule has 0 fully saturated rings. The highest BCUT2D eigenvalue weighted by atomic mass is 16.5. The average molecular weight is 369 g/mol. The van der Waals surface area contributed by atoms with E-state index in [1.54, 1.807) is 66.7 Å². The van der Waals surface area contributed by atoms with E-state index >= 15 is 0 Å².